The van der Waals surface area contributed by atoms with Gasteiger partial charge in [0.05, 0.1) is 0 Å². The molecule has 2 rings (SSSR count). The summed E-state index contributed by atoms with van der Waals surface area (Å²) in [6.45, 7) is 3.62. The normalized spacial score (nSPS) is 23.4. The number of halogens is 1. The summed E-state index contributed by atoms with van der Waals surface area (Å²) in [4.78, 5) is 23.5. The Hall–Kier alpha value is -2.11. The van der Waals surface area contributed by atoms with Crippen LogP contribution in [0.2, 0.25) is 0 Å². The second kappa shape index (κ2) is 8.66. The van der Waals surface area contributed by atoms with Gasteiger partial charge in [0, 0.05) is 12.1 Å². The zero-order chi connectivity index (χ0) is 17.5. The van der Waals surface area contributed by atoms with E-state index in [-0.39, 0.29) is 30.9 Å². The molecule has 24 heavy (non-hydrogen) atoms. The Bertz CT molecular complexity index is 578. The fourth-order valence-electron chi connectivity index (χ4n) is 2.92. The van der Waals surface area contributed by atoms with E-state index in [1.165, 1.54) is 30.7 Å². The van der Waals surface area contributed by atoms with Crippen LogP contribution in [0.15, 0.2) is 24.3 Å². The first kappa shape index (κ1) is 18.2. The number of carbonyl (C=O) groups excluding carboxylic acids is 2. The van der Waals surface area contributed by atoms with Crippen LogP contribution in [0.5, 0.6) is 5.75 Å². The number of hydrogen-bond acceptors (Lipinski definition) is 4. The van der Waals surface area contributed by atoms with E-state index in [2.05, 4.69) is 19.2 Å². The summed E-state index contributed by atoms with van der Waals surface area (Å²) in [7, 11) is 0. The first-order valence-electron chi connectivity index (χ1n) is 8.29. The van der Waals surface area contributed by atoms with Gasteiger partial charge in [0.25, 0.3) is 5.91 Å². The second-order valence-electron chi connectivity index (χ2n) is 6.35. The first-order valence-corrected chi connectivity index (χ1v) is 8.29. The summed E-state index contributed by atoms with van der Waals surface area (Å²) in [5.41, 5.74) is 0. The zero-order valence-electron chi connectivity index (χ0n) is 14.1. The summed E-state index contributed by atoms with van der Waals surface area (Å²) >= 11 is 0. The van der Waals surface area contributed by atoms with Gasteiger partial charge in [0.1, 0.15) is 11.6 Å². The molecule has 1 aromatic rings. The number of benzene rings is 1. The van der Waals surface area contributed by atoms with E-state index in [1.54, 1.807) is 0 Å². The minimum Gasteiger partial charge on any atom is -0.482 e. The smallest absolute Gasteiger partial charge is 0.344 e. The van der Waals surface area contributed by atoms with Crippen LogP contribution in [0.4, 0.5) is 4.39 Å². The molecule has 0 aromatic heterocycles. The van der Waals surface area contributed by atoms with Crippen LogP contribution >= 0.6 is 0 Å². The number of rotatable bonds is 6. The maximum atomic E-state index is 13.0. The lowest BCUT2D eigenvalue weighted by atomic mass is 9.78. The molecule has 0 spiro atoms. The predicted molar refractivity (Wildman–Crippen MR) is 87.0 cm³/mol. The largest absolute Gasteiger partial charge is 0.482 e. The third-order valence-corrected chi connectivity index (χ3v) is 4.57. The van der Waals surface area contributed by atoms with E-state index in [0.29, 0.717) is 11.8 Å². The van der Waals surface area contributed by atoms with Gasteiger partial charge < -0.3 is 14.8 Å². The summed E-state index contributed by atoms with van der Waals surface area (Å²) in [5.74, 6) is -0.196. The van der Waals surface area contributed by atoms with Crippen LogP contribution in [0.25, 0.3) is 0 Å². The van der Waals surface area contributed by atoms with E-state index in [0.717, 1.165) is 12.8 Å². The van der Waals surface area contributed by atoms with Gasteiger partial charge in [-0.1, -0.05) is 32.8 Å². The van der Waals surface area contributed by atoms with Crippen molar-refractivity contribution in [1.29, 1.82) is 0 Å². The summed E-state index contributed by atoms with van der Waals surface area (Å²) in [6, 6.07) is 5.60. The molecule has 0 radical (unpaired) electrons. The molecule has 0 heterocycles. The molecule has 3 atom stereocenters. The van der Waals surface area contributed by atoms with E-state index in [4.69, 9.17) is 9.47 Å². The number of amides is 1. The van der Waals surface area contributed by atoms with Crippen LogP contribution < -0.4 is 10.1 Å². The van der Waals surface area contributed by atoms with Gasteiger partial charge in [-0.15, -0.1) is 0 Å². The molecule has 1 N–H and O–H groups in total. The van der Waals surface area contributed by atoms with Crippen molar-refractivity contribution in [2.75, 3.05) is 13.2 Å². The molecule has 0 bridgehead atoms. The van der Waals surface area contributed by atoms with Gasteiger partial charge >= 0.3 is 5.97 Å². The van der Waals surface area contributed by atoms with Crippen molar-refractivity contribution in [3.63, 3.8) is 0 Å². The first-order chi connectivity index (χ1) is 11.5. The van der Waals surface area contributed by atoms with Gasteiger partial charge in [-0.05, 0) is 30.4 Å². The maximum Gasteiger partial charge on any atom is 0.344 e. The van der Waals surface area contributed by atoms with Crippen molar-refractivity contribution < 1.29 is 23.5 Å². The highest BCUT2D eigenvalue weighted by atomic mass is 19.1. The molecule has 1 amide bonds. The minimum absolute atomic E-state index is 0.128. The van der Waals surface area contributed by atoms with E-state index < -0.39 is 11.8 Å². The topological polar surface area (TPSA) is 64.6 Å². The maximum absolute atomic E-state index is 13.0. The molecule has 0 saturated heterocycles. The average molecular weight is 337 g/mol. The molecule has 5 nitrogen and oxygen atoms in total. The lowest BCUT2D eigenvalue weighted by molar-refractivity contribution is -0.150. The SMILES string of the molecule is C[C@@H]1[C@H](C)CCC[C@@H]1NC(=O)COC(=O)COc1cccc(F)c1. The van der Waals surface area contributed by atoms with Crippen molar-refractivity contribution in [1.82, 2.24) is 5.32 Å². The van der Waals surface area contributed by atoms with E-state index in [1.807, 2.05) is 0 Å². The number of ether oxygens (including phenoxy) is 2. The molecule has 0 aliphatic heterocycles. The Kier molecular flexibility index (Phi) is 6.58. The lowest BCUT2D eigenvalue weighted by Gasteiger charge is -2.34. The molecule has 1 aliphatic rings. The monoisotopic (exact) mass is 337 g/mol. The van der Waals surface area contributed by atoms with Crippen molar-refractivity contribution >= 4 is 11.9 Å². The lowest BCUT2D eigenvalue weighted by Crippen LogP contribution is -2.45. The summed E-state index contributed by atoms with van der Waals surface area (Å²) in [5, 5.41) is 2.93. The van der Waals surface area contributed by atoms with Gasteiger partial charge in [0.15, 0.2) is 13.2 Å². The van der Waals surface area contributed by atoms with Gasteiger partial charge in [-0.3, -0.25) is 4.79 Å². The van der Waals surface area contributed by atoms with Gasteiger partial charge in [-0.2, -0.15) is 0 Å². The number of nitrogens with one attached hydrogen (secondary N) is 1. The van der Waals surface area contributed by atoms with E-state index in [9.17, 15) is 14.0 Å². The minimum atomic E-state index is -0.667. The summed E-state index contributed by atoms with van der Waals surface area (Å²) in [6.07, 6.45) is 3.23. The van der Waals surface area contributed by atoms with Crippen molar-refractivity contribution in [3.8, 4) is 5.75 Å². The second-order valence-corrected chi connectivity index (χ2v) is 6.35. The number of esters is 1. The molecule has 132 valence electrons. The van der Waals surface area contributed by atoms with Crippen molar-refractivity contribution in [2.45, 2.75) is 39.2 Å². The highest BCUT2D eigenvalue weighted by Crippen LogP contribution is 2.29. The fraction of sp³-hybridized carbons (Fsp3) is 0.556. The third-order valence-electron chi connectivity index (χ3n) is 4.57. The Morgan fingerprint density at radius 1 is 1.25 bits per heavy atom. The molecule has 1 saturated carbocycles. The quantitative estimate of drug-likeness (QED) is 0.811. The van der Waals surface area contributed by atoms with Crippen molar-refractivity contribution in [3.05, 3.63) is 30.1 Å². The molecule has 6 heteroatoms. The van der Waals surface area contributed by atoms with Crippen LogP contribution in [0.3, 0.4) is 0 Å². The molecule has 1 aromatic carbocycles. The number of hydrogen-bond donors (Lipinski definition) is 1. The van der Waals surface area contributed by atoms with Crippen molar-refractivity contribution in [2.24, 2.45) is 11.8 Å². The molecule has 0 unspecified atom stereocenters. The highest BCUT2D eigenvalue weighted by molar-refractivity contribution is 5.81. The van der Waals surface area contributed by atoms with Crippen LogP contribution in [-0.2, 0) is 14.3 Å². The Labute approximate surface area is 141 Å². The van der Waals surface area contributed by atoms with Crippen LogP contribution in [0.1, 0.15) is 33.1 Å². The number of carbonyl (C=O) groups is 2. The Morgan fingerprint density at radius 2 is 2.04 bits per heavy atom. The fourth-order valence-corrected chi connectivity index (χ4v) is 2.92. The van der Waals surface area contributed by atoms with Crippen LogP contribution in [0, 0.1) is 17.7 Å². The van der Waals surface area contributed by atoms with Crippen LogP contribution in [-0.4, -0.2) is 31.1 Å². The molecule has 1 aliphatic carbocycles. The van der Waals surface area contributed by atoms with Gasteiger partial charge in [0.2, 0.25) is 0 Å². The highest BCUT2D eigenvalue weighted by Gasteiger charge is 2.28. The molecule has 1 fully saturated rings. The van der Waals surface area contributed by atoms with E-state index >= 15 is 0 Å². The molecular formula is C18H24FNO4. The molecular weight excluding hydrogens is 313 g/mol. The average Bonchev–Trinajstić information content (AvgIpc) is 2.55. The Morgan fingerprint density at radius 3 is 2.79 bits per heavy atom. The van der Waals surface area contributed by atoms with Gasteiger partial charge in [-0.25, -0.2) is 9.18 Å². The zero-order valence-corrected chi connectivity index (χ0v) is 14.1. The standard InChI is InChI=1S/C18H24FNO4/c1-12-5-3-8-16(13(12)2)20-17(21)10-24-18(22)11-23-15-7-4-6-14(19)9-15/h4,6-7,9,12-13,16H,3,5,8,10-11H2,1-2H3,(H,20,21)/t12-,13-,16+/m1/s1. The predicted octanol–water partition coefficient (Wildman–Crippen LogP) is 2.69. The Balaban J connectivity index is 1.68. The third kappa shape index (κ3) is 5.51. The summed E-state index contributed by atoms with van der Waals surface area (Å²) < 4.78 is 23.0.